The zero-order valence-electron chi connectivity index (χ0n) is 6.89. The molecule has 0 spiro atoms. The summed E-state index contributed by atoms with van der Waals surface area (Å²) < 4.78 is 12.6. The summed E-state index contributed by atoms with van der Waals surface area (Å²) >= 11 is 0. The quantitative estimate of drug-likeness (QED) is 0.495. The molecule has 0 amide bonds. The predicted molar refractivity (Wildman–Crippen MR) is 48.1 cm³/mol. The Labute approximate surface area is 71.6 Å². The highest BCUT2D eigenvalue weighted by Gasteiger charge is 1.89. The Balaban J connectivity index is 2.63. The largest absolute Gasteiger partial charge is 0.315 e. The first-order valence-corrected chi connectivity index (χ1v) is 3.82. The van der Waals surface area contributed by atoms with Crippen LogP contribution in [-0.4, -0.2) is 0 Å². The predicted octanol–water partition coefficient (Wildman–Crippen LogP) is 2.61. The van der Waals surface area contributed by atoms with Crippen LogP contribution in [0.5, 0.6) is 0 Å². The van der Waals surface area contributed by atoms with E-state index in [2.05, 4.69) is 17.3 Å². The molecule has 0 fully saturated rings. The molecule has 0 atom stereocenters. The van der Waals surface area contributed by atoms with E-state index in [-0.39, 0.29) is 5.82 Å². The van der Waals surface area contributed by atoms with Gasteiger partial charge < -0.3 is 5.32 Å². The fraction of sp³-hybridized carbons (Fsp3) is 0.200. The van der Waals surface area contributed by atoms with E-state index in [0.717, 1.165) is 6.42 Å². The van der Waals surface area contributed by atoms with Crippen LogP contribution in [0.4, 0.5) is 10.1 Å². The van der Waals surface area contributed by atoms with Gasteiger partial charge in [-0.2, -0.15) is 0 Å². The van der Waals surface area contributed by atoms with Crippen LogP contribution in [0.1, 0.15) is 13.3 Å². The van der Waals surface area contributed by atoms with Gasteiger partial charge in [-0.1, -0.05) is 18.9 Å². The van der Waals surface area contributed by atoms with Gasteiger partial charge >= 0.3 is 0 Å². The zero-order valence-corrected chi connectivity index (χ0v) is 6.89. The van der Waals surface area contributed by atoms with E-state index in [1.54, 1.807) is 12.1 Å². The standard InChI is InChI=1S/C10H10FN/c1-2-3-7-12-10-6-4-5-9(11)8-10/h4-6,8,12H,2H2,1H3. The zero-order chi connectivity index (χ0) is 8.81. The molecule has 0 bridgehead atoms. The van der Waals surface area contributed by atoms with Crippen molar-refractivity contribution < 1.29 is 4.39 Å². The van der Waals surface area contributed by atoms with Gasteiger partial charge in [-0.25, -0.2) is 4.39 Å². The molecular formula is C10H10FN. The molecule has 1 aromatic rings. The fourth-order valence-corrected chi connectivity index (χ4v) is 0.771. The molecule has 62 valence electrons. The molecule has 1 rings (SSSR count). The summed E-state index contributed by atoms with van der Waals surface area (Å²) in [4.78, 5) is 0. The maximum Gasteiger partial charge on any atom is 0.125 e. The van der Waals surface area contributed by atoms with Gasteiger partial charge in [0.15, 0.2) is 0 Å². The van der Waals surface area contributed by atoms with Gasteiger partial charge in [-0.3, -0.25) is 0 Å². The van der Waals surface area contributed by atoms with Crippen molar-refractivity contribution >= 4 is 5.69 Å². The van der Waals surface area contributed by atoms with E-state index < -0.39 is 0 Å². The van der Waals surface area contributed by atoms with Crippen molar-refractivity contribution in [2.45, 2.75) is 13.3 Å². The van der Waals surface area contributed by atoms with Gasteiger partial charge in [0.05, 0.1) is 0 Å². The van der Waals surface area contributed by atoms with Crippen LogP contribution in [0.2, 0.25) is 0 Å². The summed E-state index contributed by atoms with van der Waals surface area (Å²) in [6.07, 6.45) is 0.794. The minimum Gasteiger partial charge on any atom is -0.315 e. The topological polar surface area (TPSA) is 12.0 Å². The monoisotopic (exact) mass is 163 g/mol. The summed E-state index contributed by atoms with van der Waals surface area (Å²) in [7, 11) is 0. The Bertz CT molecular complexity index is 309. The lowest BCUT2D eigenvalue weighted by molar-refractivity contribution is 0.628. The SMILES string of the molecule is CCC#CNc1cccc(F)c1. The third-order valence-corrected chi connectivity index (χ3v) is 1.30. The number of rotatable bonds is 1. The van der Waals surface area contributed by atoms with Crippen LogP contribution in [0.3, 0.4) is 0 Å². The Kier molecular flexibility index (Phi) is 3.16. The number of anilines is 1. The molecule has 0 aliphatic rings. The fourth-order valence-electron chi connectivity index (χ4n) is 0.771. The van der Waals surface area contributed by atoms with Gasteiger partial charge in [-0.15, -0.1) is 0 Å². The lowest BCUT2D eigenvalue weighted by atomic mass is 10.3. The smallest absolute Gasteiger partial charge is 0.125 e. The van der Waals surface area contributed by atoms with Crippen molar-refractivity contribution in [3.8, 4) is 12.0 Å². The Hall–Kier alpha value is -1.49. The van der Waals surface area contributed by atoms with Crippen LogP contribution in [0.25, 0.3) is 0 Å². The average Bonchev–Trinajstić information content (AvgIpc) is 2.05. The van der Waals surface area contributed by atoms with Gasteiger partial charge in [0.25, 0.3) is 0 Å². The van der Waals surface area contributed by atoms with Gasteiger partial charge in [-0.05, 0) is 18.2 Å². The molecule has 12 heavy (non-hydrogen) atoms. The Morgan fingerprint density at radius 1 is 1.50 bits per heavy atom. The molecule has 0 unspecified atom stereocenters. The van der Waals surface area contributed by atoms with Crippen LogP contribution < -0.4 is 5.32 Å². The van der Waals surface area contributed by atoms with Crippen molar-refractivity contribution in [1.82, 2.24) is 0 Å². The van der Waals surface area contributed by atoms with Crippen LogP contribution in [0, 0.1) is 17.8 Å². The second-order valence-corrected chi connectivity index (χ2v) is 2.29. The number of halogens is 1. The second kappa shape index (κ2) is 4.40. The first-order valence-electron chi connectivity index (χ1n) is 3.82. The summed E-state index contributed by atoms with van der Waals surface area (Å²) in [5.41, 5.74) is 0.691. The highest BCUT2D eigenvalue weighted by molar-refractivity contribution is 5.47. The molecule has 0 saturated carbocycles. The minimum atomic E-state index is -0.252. The van der Waals surface area contributed by atoms with Crippen LogP contribution >= 0.6 is 0 Å². The van der Waals surface area contributed by atoms with Crippen molar-refractivity contribution in [1.29, 1.82) is 0 Å². The molecule has 0 aliphatic heterocycles. The average molecular weight is 163 g/mol. The third-order valence-electron chi connectivity index (χ3n) is 1.30. The summed E-state index contributed by atoms with van der Waals surface area (Å²) in [5.74, 6) is 2.58. The summed E-state index contributed by atoms with van der Waals surface area (Å²) in [5, 5.41) is 2.79. The molecule has 1 nitrogen and oxygen atoms in total. The molecule has 0 aliphatic carbocycles. The van der Waals surface area contributed by atoms with Crippen molar-refractivity contribution in [2.24, 2.45) is 0 Å². The lowest BCUT2D eigenvalue weighted by Crippen LogP contribution is -1.87. The third kappa shape index (κ3) is 2.63. The molecule has 0 heterocycles. The maximum atomic E-state index is 12.6. The Morgan fingerprint density at radius 3 is 3.00 bits per heavy atom. The summed E-state index contributed by atoms with van der Waals surface area (Å²) in [6.45, 7) is 1.96. The van der Waals surface area contributed by atoms with Crippen molar-refractivity contribution in [3.05, 3.63) is 30.1 Å². The maximum absolute atomic E-state index is 12.6. The first-order chi connectivity index (χ1) is 5.83. The highest BCUT2D eigenvalue weighted by atomic mass is 19.1. The van der Waals surface area contributed by atoms with E-state index in [1.165, 1.54) is 12.1 Å². The van der Waals surface area contributed by atoms with Gasteiger partial charge in [0.1, 0.15) is 5.82 Å². The van der Waals surface area contributed by atoms with E-state index in [9.17, 15) is 4.39 Å². The van der Waals surface area contributed by atoms with E-state index in [4.69, 9.17) is 0 Å². The Morgan fingerprint density at radius 2 is 2.33 bits per heavy atom. The number of hydrogen-bond acceptors (Lipinski definition) is 1. The van der Waals surface area contributed by atoms with E-state index in [1.807, 2.05) is 6.92 Å². The van der Waals surface area contributed by atoms with E-state index in [0.29, 0.717) is 5.69 Å². The molecule has 1 N–H and O–H groups in total. The van der Waals surface area contributed by atoms with Crippen LogP contribution in [-0.2, 0) is 0 Å². The van der Waals surface area contributed by atoms with E-state index >= 15 is 0 Å². The van der Waals surface area contributed by atoms with Gasteiger partial charge in [0.2, 0.25) is 0 Å². The molecule has 2 heteroatoms. The normalized spacial score (nSPS) is 8.50. The van der Waals surface area contributed by atoms with Crippen molar-refractivity contribution in [3.63, 3.8) is 0 Å². The van der Waals surface area contributed by atoms with Crippen LogP contribution in [0.15, 0.2) is 24.3 Å². The number of hydrogen-bond donors (Lipinski definition) is 1. The highest BCUT2D eigenvalue weighted by Crippen LogP contribution is 2.07. The summed E-state index contributed by atoms with van der Waals surface area (Å²) in [6, 6.07) is 8.94. The molecule has 1 aromatic carbocycles. The first kappa shape index (κ1) is 8.61. The molecule has 0 saturated heterocycles. The molecule has 0 radical (unpaired) electrons. The number of nitrogens with one attached hydrogen (secondary N) is 1. The minimum absolute atomic E-state index is 0.252. The van der Waals surface area contributed by atoms with Gasteiger partial charge in [0, 0.05) is 18.2 Å². The lowest BCUT2D eigenvalue weighted by Gasteiger charge is -1.96. The van der Waals surface area contributed by atoms with Crippen molar-refractivity contribution in [2.75, 3.05) is 5.32 Å². The molecule has 0 aromatic heterocycles. The second-order valence-electron chi connectivity index (χ2n) is 2.29. The molecular weight excluding hydrogens is 153 g/mol. The number of benzene rings is 1.